The number of benzene rings is 2. The second-order valence-corrected chi connectivity index (χ2v) is 6.30. The van der Waals surface area contributed by atoms with Crippen LogP contribution in [0.25, 0.3) is 0 Å². The summed E-state index contributed by atoms with van der Waals surface area (Å²) < 4.78 is 25.1. The molecule has 2 amide bonds. The van der Waals surface area contributed by atoms with Gasteiger partial charge in [-0.2, -0.15) is 0 Å². The lowest BCUT2D eigenvalue weighted by Gasteiger charge is -2.12. The summed E-state index contributed by atoms with van der Waals surface area (Å²) in [6.07, 6.45) is 2.16. The summed E-state index contributed by atoms with van der Waals surface area (Å²) in [5.74, 6) is -0.688. The molecule has 0 spiro atoms. The molecule has 0 radical (unpaired) electrons. The van der Waals surface area contributed by atoms with Gasteiger partial charge in [-0.25, -0.2) is 4.39 Å². The molecule has 1 heterocycles. The van der Waals surface area contributed by atoms with Gasteiger partial charge in [-0.05, 0) is 55.3 Å². The molecule has 6 nitrogen and oxygen atoms in total. The third-order valence-electron chi connectivity index (χ3n) is 4.11. The fourth-order valence-corrected chi connectivity index (χ4v) is 2.76. The van der Waals surface area contributed by atoms with Crippen molar-refractivity contribution in [3.8, 4) is 5.75 Å². The summed E-state index contributed by atoms with van der Waals surface area (Å²) in [7, 11) is 0. The topological polar surface area (TPSA) is 76.7 Å². The summed E-state index contributed by atoms with van der Waals surface area (Å²) >= 11 is 0. The molecule has 27 heavy (non-hydrogen) atoms. The number of hydrogen-bond donors (Lipinski definition) is 2. The average Bonchev–Trinajstić information content (AvgIpc) is 3.16. The number of hydrogen-bond acceptors (Lipinski definition) is 4. The molecule has 2 aromatic carbocycles. The van der Waals surface area contributed by atoms with Crippen LogP contribution in [0.2, 0.25) is 0 Å². The first kappa shape index (κ1) is 18.8. The van der Waals surface area contributed by atoms with E-state index in [1.165, 1.54) is 25.1 Å². The number of halogens is 1. The first-order valence-electron chi connectivity index (χ1n) is 8.74. The third-order valence-corrected chi connectivity index (χ3v) is 4.11. The van der Waals surface area contributed by atoms with Crippen LogP contribution >= 0.6 is 0 Å². The van der Waals surface area contributed by atoms with Crippen molar-refractivity contribution in [3.63, 3.8) is 0 Å². The van der Waals surface area contributed by atoms with Crippen LogP contribution < -0.4 is 15.4 Å². The molecule has 0 aromatic heterocycles. The quantitative estimate of drug-likeness (QED) is 0.812. The number of rotatable bonds is 6. The molecule has 1 aliphatic heterocycles. The molecule has 7 heteroatoms. The van der Waals surface area contributed by atoms with E-state index >= 15 is 0 Å². The molecule has 2 aromatic rings. The molecular weight excluding hydrogens is 351 g/mol. The molecule has 142 valence electrons. The van der Waals surface area contributed by atoms with Crippen LogP contribution in [0.1, 0.15) is 30.1 Å². The maximum Gasteiger partial charge on any atom is 0.255 e. The molecule has 1 atom stereocenters. The Kier molecular flexibility index (Phi) is 6.03. The number of carbonyl (C=O) groups excluding carboxylic acids is 2. The zero-order valence-electron chi connectivity index (χ0n) is 15.0. The standard InChI is InChI=1S/C20H21FN2O4/c1-13(24)22-15-6-9-18(21)19(11-15)23-20(25)14-4-7-16(8-5-14)27-12-17-3-2-10-26-17/h4-9,11,17H,2-3,10,12H2,1H3,(H,22,24)(H,23,25)/t17-/m0/s1. The van der Waals surface area contributed by atoms with Crippen molar-refractivity contribution in [2.24, 2.45) is 0 Å². The number of ether oxygens (including phenoxy) is 2. The summed E-state index contributed by atoms with van der Waals surface area (Å²) in [4.78, 5) is 23.5. The molecule has 0 unspecified atom stereocenters. The fraction of sp³-hybridized carbons (Fsp3) is 0.300. The van der Waals surface area contributed by atoms with Crippen LogP contribution in [-0.2, 0) is 9.53 Å². The Hall–Kier alpha value is -2.93. The number of carbonyl (C=O) groups is 2. The van der Waals surface area contributed by atoms with E-state index in [1.807, 2.05) is 0 Å². The van der Waals surface area contributed by atoms with Gasteiger partial charge < -0.3 is 20.1 Å². The van der Waals surface area contributed by atoms with Gasteiger partial charge in [0.25, 0.3) is 5.91 Å². The average molecular weight is 372 g/mol. The van der Waals surface area contributed by atoms with Crippen molar-refractivity contribution in [2.75, 3.05) is 23.8 Å². The van der Waals surface area contributed by atoms with Gasteiger partial charge in [0.1, 0.15) is 18.2 Å². The van der Waals surface area contributed by atoms with Crippen molar-refractivity contribution >= 4 is 23.2 Å². The van der Waals surface area contributed by atoms with Gasteiger partial charge >= 0.3 is 0 Å². The van der Waals surface area contributed by atoms with Crippen molar-refractivity contribution in [1.82, 2.24) is 0 Å². The number of nitrogens with one attached hydrogen (secondary N) is 2. The van der Waals surface area contributed by atoms with E-state index in [9.17, 15) is 14.0 Å². The number of anilines is 2. The zero-order valence-corrected chi connectivity index (χ0v) is 15.0. The Bertz CT molecular complexity index is 817. The predicted octanol–water partition coefficient (Wildman–Crippen LogP) is 3.59. The van der Waals surface area contributed by atoms with Gasteiger partial charge in [-0.15, -0.1) is 0 Å². The third kappa shape index (κ3) is 5.27. The highest BCUT2D eigenvalue weighted by atomic mass is 19.1. The normalized spacial score (nSPS) is 16.0. The molecule has 1 saturated heterocycles. The lowest BCUT2D eigenvalue weighted by molar-refractivity contribution is -0.114. The lowest BCUT2D eigenvalue weighted by atomic mass is 10.2. The number of amides is 2. The van der Waals surface area contributed by atoms with Crippen LogP contribution in [0.3, 0.4) is 0 Å². The highest BCUT2D eigenvalue weighted by Gasteiger charge is 2.16. The van der Waals surface area contributed by atoms with Crippen molar-refractivity contribution < 1.29 is 23.5 Å². The van der Waals surface area contributed by atoms with Crippen molar-refractivity contribution in [3.05, 3.63) is 53.8 Å². The summed E-state index contributed by atoms with van der Waals surface area (Å²) in [5, 5.41) is 5.06. The van der Waals surface area contributed by atoms with E-state index < -0.39 is 11.7 Å². The SMILES string of the molecule is CC(=O)Nc1ccc(F)c(NC(=O)c2ccc(OC[C@@H]3CCCO3)cc2)c1. The van der Waals surface area contributed by atoms with Gasteiger partial charge in [0.2, 0.25) is 5.91 Å². The summed E-state index contributed by atoms with van der Waals surface area (Å²) in [5.41, 5.74) is 0.755. The molecule has 1 aliphatic rings. The van der Waals surface area contributed by atoms with E-state index in [2.05, 4.69) is 10.6 Å². The minimum absolute atomic E-state index is 0.00930. The maximum absolute atomic E-state index is 13.9. The lowest BCUT2D eigenvalue weighted by Crippen LogP contribution is -2.16. The first-order chi connectivity index (χ1) is 13.0. The molecule has 0 aliphatic carbocycles. The van der Waals surface area contributed by atoms with E-state index in [-0.39, 0.29) is 17.7 Å². The van der Waals surface area contributed by atoms with E-state index in [1.54, 1.807) is 24.3 Å². The summed E-state index contributed by atoms with van der Waals surface area (Å²) in [6.45, 7) is 2.60. The highest BCUT2D eigenvalue weighted by Crippen LogP contribution is 2.21. The molecule has 3 rings (SSSR count). The van der Waals surface area contributed by atoms with E-state index in [0.29, 0.717) is 23.6 Å². The van der Waals surface area contributed by atoms with Crippen LogP contribution in [-0.4, -0.2) is 31.1 Å². The minimum atomic E-state index is -0.589. The van der Waals surface area contributed by atoms with Crippen LogP contribution in [0.4, 0.5) is 15.8 Å². The smallest absolute Gasteiger partial charge is 0.255 e. The Balaban J connectivity index is 1.61. The monoisotopic (exact) mass is 372 g/mol. The molecule has 2 N–H and O–H groups in total. The minimum Gasteiger partial charge on any atom is -0.491 e. The van der Waals surface area contributed by atoms with Gasteiger partial charge in [0, 0.05) is 24.8 Å². The van der Waals surface area contributed by atoms with Crippen LogP contribution in [0.5, 0.6) is 5.75 Å². The Morgan fingerprint density at radius 2 is 1.96 bits per heavy atom. The van der Waals surface area contributed by atoms with E-state index in [4.69, 9.17) is 9.47 Å². The molecule has 0 saturated carbocycles. The largest absolute Gasteiger partial charge is 0.491 e. The second-order valence-electron chi connectivity index (χ2n) is 6.30. The first-order valence-corrected chi connectivity index (χ1v) is 8.74. The van der Waals surface area contributed by atoms with E-state index in [0.717, 1.165) is 19.4 Å². The molecule has 1 fully saturated rings. The van der Waals surface area contributed by atoms with Crippen LogP contribution in [0.15, 0.2) is 42.5 Å². The van der Waals surface area contributed by atoms with Gasteiger partial charge in [0.15, 0.2) is 0 Å². The zero-order chi connectivity index (χ0) is 19.2. The maximum atomic E-state index is 13.9. The Morgan fingerprint density at radius 3 is 2.63 bits per heavy atom. The van der Waals surface area contributed by atoms with Crippen molar-refractivity contribution in [1.29, 1.82) is 0 Å². The second kappa shape index (κ2) is 8.64. The van der Waals surface area contributed by atoms with Gasteiger partial charge in [-0.1, -0.05) is 0 Å². The summed E-state index contributed by atoms with van der Waals surface area (Å²) in [6, 6.07) is 10.6. The predicted molar refractivity (Wildman–Crippen MR) is 99.6 cm³/mol. The molecular formula is C20H21FN2O4. The van der Waals surface area contributed by atoms with Crippen molar-refractivity contribution in [2.45, 2.75) is 25.9 Å². The van der Waals surface area contributed by atoms with Gasteiger partial charge in [0.05, 0.1) is 11.8 Å². The Morgan fingerprint density at radius 1 is 1.19 bits per heavy atom. The highest BCUT2D eigenvalue weighted by molar-refractivity contribution is 6.04. The van der Waals surface area contributed by atoms with Gasteiger partial charge in [-0.3, -0.25) is 9.59 Å². The fourth-order valence-electron chi connectivity index (χ4n) is 2.76. The molecule has 0 bridgehead atoms. The van der Waals surface area contributed by atoms with Crippen LogP contribution in [0, 0.1) is 5.82 Å². The Labute approximate surface area is 156 Å².